The lowest BCUT2D eigenvalue weighted by Crippen LogP contribution is -2.50. The molecular formula is C23H24ClN3O2. The Hall–Kier alpha value is -2.55. The van der Waals surface area contributed by atoms with Gasteiger partial charge in [0.1, 0.15) is 11.8 Å². The van der Waals surface area contributed by atoms with Crippen LogP contribution in [-0.2, 0) is 11.3 Å². The average Bonchev–Trinajstić information content (AvgIpc) is 2.96. The topological polar surface area (TPSA) is 65.4 Å². The molecule has 2 aromatic rings. The highest BCUT2D eigenvalue weighted by Crippen LogP contribution is 2.37. The van der Waals surface area contributed by atoms with Crippen molar-refractivity contribution in [1.82, 2.24) is 10.2 Å². The van der Waals surface area contributed by atoms with E-state index in [1.165, 1.54) is 18.4 Å². The Morgan fingerprint density at radius 1 is 1.14 bits per heavy atom. The molecular weight excluding hydrogens is 386 g/mol. The van der Waals surface area contributed by atoms with Crippen molar-refractivity contribution in [1.29, 1.82) is 5.26 Å². The number of carbonyl (C=O) groups is 1. The number of nitrogens with one attached hydrogen (secondary N) is 1. The third-order valence-electron chi connectivity index (χ3n) is 5.89. The first-order chi connectivity index (χ1) is 14.1. The van der Waals surface area contributed by atoms with Gasteiger partial charge in [0.15, 0.2) is 6.61 Å². The van der Waals surface area contributed by atoms with E-state index >= 15 is 0 Å². The molecule has 2 fully saturated rings. The van der Waals surface area contributed by atoms with E-state index in [-0.39, 0.29) is 18.6 Å². The molecule has 0 aliphatic carbocycles. The number of nitriles is 1. The van der Waals surface area contributed by atoms with Gasteiger partial charge in [0.25, 0.3) is 5.91 Å². The lowest BCUT2D eigenvalue weighted by Gasteiger charge is -2.39. The van der Waals surface area contributed by atoms with E-state index in [1.807, 2.05) is 12.1 Å². The van der Waals surface area contributed by atoms with E-state index in [2.05, 4.69) is 28.4 Å². The summed E-state index contributed by atoms with van der Waals surface area (Å²) in [5, 5.41) is 13.0. The van der Waals surface area contributed by atoms with Gasteiger partial charge in [-0.25, -0.2) is 0 Å². The molecule has 2 bridgehead atoms. The SMILES string of the molecule is N#Cc1ccccc1OCC(=O)N[C@H]1C[C@H]2CC[C@@H](C1)N2Cc1ccc(Cl)cc1. The highest BCUT2D eigenvalue weighted by molar-refractivity contribution is 6.30. The zero-order valence-electron chi connectivity index (χ0n) is 16.2. The number of amides is 1. The zero-order valence-corrected chi connectivity index (χ0v) is 16.9. The Kier molecular flexibility index (Phi) is 6.03. The standard InChI is InChI=1S/C23H24ClN3O2/c24-18-7-5-16(6-8-18)14-27-20-9-10-21(27)12-19(11-20)26-23(28)15-29-22-4-2-1-3-17(22)13-25/h1-8,19-21H,9-12,14-15H2,(H,26,28)/t19-,20+,21-. The quantitative estimate of drug-likeness (QED) is 0.785. The van der Waals surface area contributed by atoms with Crippen molar-refractivity contribution in [2.75, 3.05) is 6.61 Å². The lowest BCUT2D eigenvalue weighted by molar-refractivity contribution is -0.124. The fourth-order valence-electron chi connectivity index (χ4n) is 4.55. The number of carbonyl (C=O) groups excluding carboxylic acids is 1. The Balaban J connectivity index is 1.29. The second-order valence-electron chi connectivity index (χ2n) is 7.82. The van der Waals surface area contributed by atoms with Crippen LogP contribution in [0.5, 0.6) is 5.75 Å². The monoisotopic (exact) mass is 409 g/mol. The normalized spacial score (nSPS) is 23.4. The molecule has 2 aliphatic heterocycles. The largest absolute Gasteiger partial charge is 0.482 e. The fourth-order valence-corrected chi connectivity index (χ4v) is 4.67. The van der Waals surface area contributed by atoms with Crippen LogP contribution in [0.25, 0.3) is 0 Å². The van der Waals surface area contributed by atoms with Gasteiger partial charge >= 0.3 is 0 Å². The Labute approximate surface area is 176 Å². The summed E-state index contributed by atoms with van der Waals surface area (Å²) in [4.78, 5) is 15.0. The molecule has 4 rings (SSSR count). The molecule has 0 aromatic heterocycles. The lowest BCUT2D eigenvalue weighted by atomic mass is 9.96. The van der Waals surface area contributed by atoms with Crippen molar-refractivity contribution < 1.29 is 9.53 Å². The van der Waals surface area contributed by atoms with Crippen molar-refractivity contribution in [3.8, 4) is 11.8 Å². The molecule has 29 heavy (non-hydrogen) atoms. The second-order valence-corrected chi connectivity index (χ2v) is 8.25. The molecule has 5 nitrogen and oxygen atoms in total. The van der Waals surface area contributed by atoms with E-state index in [0.29, 0.717) is 23.4 Å². The number of halogens is 1. The third-order valence-corrected chi connectivity index (χ3v) is 6.15. The van der Waals surface area contributed by atoms with Crippen LogP contribution < -0.4 is 10.1 Å². The third kappa shape index (κ3) is 4.72. The molecule has 6 heteroatoms. The van der Waals surface area contributed by atoms with Gasteiger partial charge in [-0.15, -0.1) is 0 Å². The van der Waals surface area contributed by atoms with Gasteiger partial charge < -0.3 is 10.1 Å². The molecule has 150 valence electrons. The van der Waals surface area contributed by atoms with E-state index in [9.17, 15) is 4.79 Å². The highest BCUT2D eigenvalue weighted by Gasteiger charge is 2.40. The number of hydrogen-bond acceptors (Lipinski definition) is 4. The minimum atomic E-state index is -0.131. The van der Waals surface area contributed by atoms with Crippen LogP contribution in [0.4, 0.5) is 0 Å². The Bertz CT molecular complexity index is 895. The number of rotatable bonds is 6. The van der Waals surface area contributed by atoms with Gasteiger partial charge in [0.05, 0.1) is 5.56 Å². The molecule has 3 atom stereocenters. The van der Waals surface area contributed by atoms with E-state index in [4.69, 9.17) is 21.6 Å². The van der Waals surface area contributed by atoms with Crippen molar-refractivity contribution in [2.24, 2.45) is 0 Å². The van der Waals surface area contributed by atoms with E-state index in [0.717, 1.165) is 24.4 Å². The number of piperidine rings is 1. The molecule has 2 aliphatic rings. The van der Waals surface area contributed by atoms with Crippen molar-refractivity contribution in [3.63, 3.8) is 0 Å². The first kappa shape index (κ1) is 19.8. The molecule has 1 N–H and O–H groups in total. The van der Waals surface area contributed by atoms with Crippen LogP contribution in [-0.4, -0.2) is 35.5 Å². The minimum Gasteiger partial charge on any atom is -0.482 e. The van der Waals surface area contributed by atoms with Crippen LogP contribution in [0.2, 0.25) is 5.02 Å². The first-order valence-corrected chi connectivity index (χ1v) is 10.4. The van der Waals surface area contributed by atoms with Gasteiger partial charge in [-0.3, -0.25) is 9.69 Å². The number of para-hydroxylation sites is 1. The smallest absolute Gasteiger partial charge is 0.258 e. The number of fused-ring (bicyclic) bond motifs is 2. The van der Waals surface area contributed by atoms with Gasteiger partial charge in [-0.1, -0.05) is 35.9 Å². The predicted molar refractivity (Wildman–Crippen MR) is 112 cm³/mol. The first-order valence-electron chi connectivity index (χ1n) is 10.0. The zero-order chi connectivity index (χ0) is 20.2. The number of benzene rings is 2. The molecule has 2 heterocycles. The van der Waals surface area contributed by atoms with Crippen LogP contribution in [0.1, 0.15) is 36.8 Å². The van der Waals surface area contributed by atoms with Crippen molar-refractivity contribution >= 4 is 17.5 Å². The summed E-state index contributed by atoms with van der Waals surface area (Å²) in [5.41, 5.74) is 1.71. The number of ether oxygens (including phenoxy) is 1. The van der Waals surface area contributed by atoms with Crippen LogP contribution in [0.3, 0.4) is 0 Å². The summed E-state index contributed by atoms with van der Waals surface area (Å²) in [6, 6.07) is 18.3. The Morgan fingerprint density at radius 2 is 1.83 bits per heavy atom. The van der Waals surface area contributed by atoms with Crippen LogP contribution in [0, 0.1) is 11.3 Å². The maximum Gasteiger partial charge on any atom is 0.258 e. The van der Waals surface area contributed by atoms with Crippen LogP contribution in [0.15, 0.2) is 48.5 Å². The molecule has 2 saturated heterocycles. The van der Waals surface area contributed by atoms with Gasteiger partial charge in [0, 0.05) is 29.7 Å². The average molecular weight is 410 g/mol. The highest BCUT2D eigenvalue weighted by atomic mass is 35.5. The Morgan fingerprint density at radius 3 is 2.52 bits per heavy atom. The van der Waals surface area contributed by atoms with Crippen molar-refractivity contribution in [3.05, 3.63) is 64.7 Å². The molecule has 0 spiro atoms. The predicted octanol–water partition coefficient (Wildman–Crippen LogP) is 3.90. The molecule has 0 radical (unpaired) electrons. The summed E-state index contributed by atoms with van der Waals surface area (Å²) in [7, 11) is 0. The number of nitrogens with zero attached hydrogens (tertiary/aromatic N) is 2. The van der Waals surface area contributed by atoms with Crippen molar-refractivity contribution in [2.45, 2.75) is 50.4 Å². The molecule has 2 aromatic carbocycles. The molecule has 1 amide bonds. The minimum absolute atomic E-state index is 0.0704. The maximum atomic E-state index is 12.4. The molecule has 0 saturated carbocycles. The maximum absolute atomic E-state index is 12.4. The van der Waals surface area contributed by atoms with E-state index in [1.54, 1.807) is 24.3 Å². The summed E-state index contributed by atoms with van der Waals surface area (Å²) in [5.74, 6) is 0.316. The summed E-state index contributed by atoms with van der Waals surface area (Å²) >= 11 is 5.99. The number of hydrogen-bond donors (Lipinski definition) is 1. The van der Waals surface area contributed by atoms with Crippen LogP contribution >= 0.6 is 11.6 Å². The van der Waals surface area contributed by atoms with Gasteiger partial charge in [-0.05, 0) is 55.5 Å². The summed E-state index contributed by atoms with van der Waals surface area (Å²) < 4.78 is 5.55. The van der Waals surface area contributed by atoms with E-state index < -0.39 is 0 Å². The summed E-state index contributed by atoms with van der Waals surface area (Å²) in [6.45, 7) is 0.861. The fraction of sp³-hybridized carbons (Fsp3) is 0.391. The van der Waals surface area contributed by atoms with Gasteiger partial charge in [-0.2, -0.15) is 5.26 Å². The summed E-state index contributed by atoms with van der Waals surface area (Å²) in [6.07, 6.45) is 4.28. The molecule has 0 unspecified atom stereocenters. The second kappa shape index (κ2) is 8.86. The van der Waals surface area contributed by atoms with Gasteiger partial charge in [0.2, 0.25) is 0 Å².